The number of H-pyrrole nitrogens is 2. The first-order valence-electron chi connectivity index (χ1n) is 4.30. The van der Waals surface area contributed by atoms with Gasteiger partial charge in [-0.3, -0.25) is 4.98 Å². The van der Waals surface area contributed by atoms with Gasteiger partial charge in [0.15, 0.2) is 4.77 Å². The SMILES string of the molecule is S=c1[nH]c2ccc3cccnc3c2[nH]1. The van der Waals surface area contributed by atoms with E-state index in [1.54, 1.807) is 6.20 Å². The summed E-state index contributed by atoms with van der Waals surface area (Å²) in [6.45, 7) is 0. The molecule has 0 unspecified atom stereocenters. The number of rotatable bonds is 0. The van der Waals surface area contributed by atoms with Crippen molar-refractivity contribution >= 4 is 34.2 Å². The van der Waals surface area contributed by atoms with Gasteiger partial charge in [-0.15, -0.1) is 0 Å². The molecule has 4 heteroatoms. The van der Waals surface area contributed by atoms with Crippen molar-refractivity contribution in [3.05, 3.63) is 35.2 Å². The molecule has 1 aromatic carbocycles. The van der Waals surface area contributed by atoms with E-state index in [0.29, 0.717) is 4.77 Å². The molecule has 0 aliphatic carbocycles. The number of benzene rings is 1. The Morgan fingerprint density at radius 3 is 3.00 bits per heavy atom. The normalized spacial score (nSPS) is 11.1. The van der Waals surface area contributed by atoms with E-state index < -0.39 is 0 Å². The quantitative estimate of drug-likeness (QED) is 0.549. The van der Waals surface area contributed by atoms with E-state index in [-0.39, 0.29) is 0 Å². The summed E-state index contributed by atoms with van der Waals surface area (Å²) in [4.78, 5) is 10.5. The third-order valence-corrected chi connectivity index (χ3v) is 2.47. The molecule has 2 aromatic heterocycles. The molecule has 0 saturated heterocycles. The summed E-state index contributed by atoms with van der Waals surface area (Å²) in [5.41, 5.74) is 2.94. The Bertz CT molecular complexity index is 665. The number of imidazole rings is 1. The van der Waals surface area contributed by atoms with Crippen LogP contribution < -0.4 is 0 Å². The number of aromatic amines is 2. The highest BCUT2D eigenvalue weighted by Gasteiger charge is 2.01. The largest absolute Gasteiger partial charge is 0.331 e. The molecule has 0 atom stereocenters. The van der Waals surface area contributed by atoms with Crippen LogP contribution in [0, 0.1) is 4.77 Å². The molecule has 2 heterocycles. The molecule has 0 fully saturated rings. The van der Waals surface area contributed by atoms with Crippen molar-refractivity contribution < 1.29 is 0 Å². The Morgan fingerprint density at radius 2 is 2.07 bits per heavy atom. The summed E-state index contributed by atoms with van der Waals surface area (Å²) in [6.07, 6.45) is 1.78. The lowest BCUT2D eigenvalue weighted by atomic mass is 10.2. The van der Waals surface area contributed by atoms with Crippen molar-refractivity contribution in [3.63, 3.8) is 0 Å². The summed E-state index contributed by atoms with van der Waals surface area (Å²) in [5.74, 6) is 0. The number of pyridine rings is 1. The van der Waals surface area contributed by atoms with Gasteiger partial charge >= 0.3 is 0 Å². The summed E-state index contributed by atoms with van der Waals surface area (Å²) in [6, 6.07) is 8.00. The van der Waals surface area contributed by atoms with Crippen LogP contribution >= 0.6 is 12.2 Å². The Labute approximate surface area is 84.8 Å². The first-order chi connectivity index (χ1) is 6.84. The topological polar surface area (TPSA) is 44.5 Å². The molecule has 2 N–H and O–H groups in total. The highest BCUT2D eigenvalue weighted by molar-refractivity contribution is 7.71. The number of nitrogens with zero attached hydrogens (tertiary/aromatic N) is 1. The Hall–Kier alpha value is -1.68. The van der Waals surface area contributed by atoms with Crippen LogP contribution in [0.4, 0.5) is 0 Å². The van der Waals surface area contributed by atoms with E-state index in [1.165, 1.54) is 0 Å². The van der Waals surface area contributed by atoms with Gasteiger partial charge in [0.05, 0.1) is 16.6 Å². The van der Waals surface area contributed by atoms with Crippen LogP contribution in [0.1, 0.15) is 0 Å². The minimum atomic E-state index is 0.637. The average molecular weight is 201 g/mol. The first-order valence-corrected chi connectivity index (χ1v) is 4.71. The molecular weight excluding hydrogens is 194 g/mol. The van der Waals surface area contributed by atoms with Crippen molar-refractivity contribution in [2.24, 2.45) is 0 Å². The lowest BCUT2D eigenvalue weighted by molar-refractivity contribution is 1.30. The highest BCUT2D eigenvalue weighted by Crippen LogP contribution is 2.20. The molecule has 0 spiro atoms. The molecule has 3 rings (SSSR count). The average Bonchev–Trinajstić information content (AvgIpc) is 2.59. The van der Waals surface area contributed by atoms with E-state index in [1.807, 2.05) is 24.3 Å². The number of aromatic nitrogens is 3. The van der Waals surface area contributed by atoms with Crippen molar-refractivity contribution in [1.82, 2.24) is 15.0 Å². The van der Waals surface area contributed by atoms with Crippen LogP contribution in [0.2, 0.25) is 0 Å². The van der Waals surface area contributed by atoms with Crippen molar-refractivity contribution in [1.29, 1.82) is 0 Å². The van der Waals surface area contributed by atoms with Crippen LogP contribution in [0.3, 0.4) is 0 Å². The maximum absolute atomic E-state index is 5.04. The summed E-state index contributed by atoms with van der Waals surface area (Å²) in [5, 5.41) is 1.12. The molecule has 0 aliphatic rings. The molecule has 3 nitrogen and oxygen atoms in total. The molecule has 0 aliphatic heterocycles. The van der Waals surface area contributed by atoms with Gasteiger partial charge in [-0.05, 0) is 24.4 Å². The molecule has 68 valence electrons. The first kappa shape index (κ1) is 7.70. The third kappa shape index (κ3) is 0.975. The van der Waals surface area contributed by atoms with E-state index in [0.717, 1.165) is 21.9 Å². The lowest BCUT2D eigenvalue weighted by Crippen LogP contribution is -1.79. The van der Waals surface area contributed by atoms with Gasteiger partial charge in [-0.1, -0.05) is 12.1 Å². The Kier molecular flexibility index (Phi) is 1.46. The molecule has 3 aromatic rings. The molecule has 0 bridgehead atoms. The predicted molar refractivity (Wildman–Crippen MR) is 58.8 cm³/mol. The highest BCUT2D eigenvalue weighted by atomic mass is 32.1. The molecule has 0 amide bonds. The second-order valence-corrected chi connectivity index (χ2v) is 3.55. The van der Waals surface area contributed by atoms with Crippen molar-refractivity contribution in [2.45, 2.75) is 0 Å². The molecule has 0 radical (unpaired) electrons. The maximum atomic E-state index is 5.04. The molecule has 0 saturated carbocycles. The zero-order valence-electron chi connectivity index (χ0n) is 7.24. The van der Waals surface area contributed by atoms with Crippen LogP contribution in [-0.4, -0.2) is 15.0 Å². The maximum Gasteiger partial charge on any atom is 0.175 e. The van der Waals surface area contributed by atoms with Crippen LogP contribution in [0.15, 0.2) is 30.5 Å². The standard InChI is InChI=1S/C10H7N3S/c14-10-12-7-4-3-6-2-1-5-11-8(6)9(7)13-10/h1-5H,(H2,12,13,14). The van der Waals surface area contributed by atoms with Gasteiger partial charge in [-0.2, -0.15) is 0 Å². The van der Waals surface area contributed by atoms with Gasteiger partial charge in [0.2, 0.25) is 0 Å². The molecule has 14 heavy (non-hydrogen) atoms. The van der Waals surface area contributed by atoms with E-state index in [4.69, 9.17) is 12.2 Å². The number of hydrogen-bond donors (Lipinski definition) is 2. The third-order valence-electron chi connectivity index (χ3n) is 2.26. The van der Waals surface area contributed by atoms with Crippen LogP contribution in [-0.2, 0) is 0 Å². The summed E-state index contributed by atoms with van der Waals surface area (Å²) >= 11 is 5.04. The Balaban J connectivity index is 2.66. The van der Waals surface area contributed by atoms with Crippen LogP contribution in [0.5, 0.6) is 0 Å². The zero-order valence-corrected chi connectivity index (χ0v) is 8.06. The molecular formula is C10H7N3S. The number of nitrogens with one attached hydrogen (secondary N) is 2. The summed E-state index contributed by atoms with van der Waals surface area (Å²) in [7, 11) is 0. The van der Waals surface area contributed by atoms with Crippen LogP contribution in [0.25, 0.3) is 21.9 Å². The summed E-state index contributed by atoms with van der Waals surface area (Å²) < 4.78 is 0.637. The number of hydrogen-bond acceptors (Lipinski definition) is 2. The van der Waals surface area contributed by atoms with Gasteiger partial charge in [0.1, 0.15) is 0 Å². The fourth-order valence-electron chi connectivity index (χ4n) is 1.64. The van der Waals surface area contributed by atoms with Gasteiger partial charge in [0, 0.05) is 11.6 Å². The smallest absolute Gasteiger partial charge is 0.175 e. The zero-order chi connectivity index (χ0) is 9.54. The second kappa shape index (κ2) is 2.65. The van der Waals surface area contributed by atoms with E-state index in [2.05, 4.69) is 15.0 Å². The lowest BCUT2D eigenvalue weighted by Gasteiger charge is -1.96. The van der Waals surface area contributed by atoms with Gasteiger partial charge in [0.25, 0.3) is 0 Å². The number of fused-ring (bicyclic) bond motifs is 3. The van der Waals surface area contributed by atoms with Gasteiger partial charge in [-0.25, -0.2) is 0 Å². The van der Waals surface area contributed by atoms with Gasteiger partial charge < -0.3 is 9.97 Å². The fraction of sp³-hybridized carbons (Fsp3) is 0. The predicted octanol–water partition coefficient (Wildman–Crippen LogP) is 2.77. The van der Waals surface area contributed by atoms with E-state index in [9.17, 15) is 0 Å². The van der Waals surface area contributed by atoms with Crippen molar-refractivity contribution in [2.75, 3.05) is 0 Å². The Morgan fingerprint density at radius 1 is 1.14 bits per heavy atom. The van der Waals surface area contributed by atoms with Crippen molar-refractivity contribution in [3.8, 4) is 0 Å². The minimum absolute atomic E-state index is 0.637. The monoisotopic (exact) mass is 201 g/mol. The second-order valence-electron chi connectivity index (χ2n) is 3.14. The minimum Gasteiger partial charge on any atom is -0.331 e. The fourth-order valence-corrected chi connectivity index (χ4v) is 1.85. The van der Waals surface area contributed by atoms with E-state index >= 15 is 0 Å².